The Morgan fingerprint density at radius 3 is 1.53 bits per heavy atom. The molecule has 0 aromatic heterocycles. The number of rotatable bonds is 4. The highest BCUT2D eigenvalue weighted by Crippen LogP contribution is 2.48. The summed E-state index contributed by atoms with van der Waals surface area (Å²) in [6.07, 6.45) is -9.63. The van der Waals surface area contributed by atoms with E-state index in [0.29, 0.717) is 0 Å². The largest absolute Gasteiger partial charge is 0.459 e. The zero-order chi connectivity index (χ0) is 12.5. The van der Waals surface area contributed by atoms with Gasteiger partial charge in [0, 0.05) is 6.42 Å². The van der Waals surface area contributed by atoms with E-state index in [1.165, 1.54) is 0 Å². The lowest BCUT2D eigenvalue weighted by atomic mass is 9.82. The van der Waals surface area contributed by atoms with Crippen molar-refractivity contribution in [1.82, 2.24) is 0 Å². The summed E-state index contributed by atoms with van der Waals surface area (Å²) in [5.41, 5.74) is 0. The molecule has 0 saturated carbocycles. The second kappa shape index (κ2) is 4.16. The van der Waals surface area contributed by atoms with Crippen molar-refractivity contribution < 1.29 is 40.8 Å². The van der Waals surface area contributed by atoms with E-state index in [1.54, 1.807) is 0 Å². The minimum absolute atomic E-state index is 1.28. The van der Waals surface area contributed by atoms with Crippen molar-refractivity contribution in [2.75, 3.05) is 0 Å². The van der Waals surface area contributed by atoms with Gasteiger partial charge in [0.05, 0.1) is 0 Å². The van der Waals surface area contributed by atoms with Gasteiger partial charge in [-0.15, -0.1) is 0 Å². The zero-order valence-corrected chi connectivity index (χ0v) is 7.03. The van der Waals surface area contributed by atoms with Crippen molar-refractivity contribution in [3.05, 3.63) is 0 Å². The Balaban J connectivity index is 4.70. The Bertz CT molecular complexity index is 214. The fourth-order valence-corrected chi connectivity index (χ4v) is 0.675. The highest BCUT2D eigenvalue weighted by atomic mass is 19.4. The van der Waals surface area contributed by atoms with Gasteiger partial charge in [-0.25, -0.2) is 0 Å². The molecule has 0 fully saturated rings. The van der Waals surface area contributed by atoms with Crippen molar-refractivity contribution in [3.8, 4) is 0 Å². The van der Waals surface area contributed by atoms with Crippen LogP contribution in [0.25, 0.3) is 0 Å². The molecular weight excluding hydrogens is 236 g/mol. The fourth-order valence-electron chi connectivity index (χ4n) is 0.675. The molecule has 0 radical (unpaired) electrons. The van der Waals surface area contributed by atoms with Crippen LogP contribution in [0.4, 0.5) is 30.7 Å². The molecule has 2 N–H and O–H groups in total. The Kier molecular flexibility index (Phi) is 4.02. The van der Waals surface area contributed by atoms with E-state index in [9.17, 15) is 30.7 Å². The highest BCUT2D eigenvalue weighted by molar-refractivity contribution is 6.40. The second-order valence-corrected chi connectivity index (χ2v) is 2.80. The monoisotopic (exact) mass is 242 g/mol. The van der Waals surface area contributed by atoms with E-state index in [1.807, 2.05) is 0 Å². The van der Waals surface area contributed by atoms with E-state index in [-0.39, 0.29) is 0 Å². The fraction of sp³-hybridized carbons (Fsp3) is 1.00. The van der Waals surface area contributed by atoms with Gasteiger partial charge in [-0.3, -0.25) is 0 Å². The first-order valence-corrected chi connectivity index (χ1v) is 3.60. The normalized spacial score (nSPS) is 14.2. The number of halogens is 7. The molecule has 0 saturated heterocycles. The van der Waals surface area contributed by atoms with E-state index >= 15 is 0 Å². The topological polar surface area (TPSA) is 40.5 Å². The van der Waals surface area contributed by atoms with Gasteiger partial charge in [0.25, 0.3) is 0 Å². The molecule has 2 nitrogen and oxygen atoms in total. The summed E-state index contributed by atoms with van der Waals surface area (Å²) in [6, 6.07) is 0. The standard InChI is InChI=1S/C5H6BF7O2/c7-3(8,1-2-6(14)15)4(9,10)5(11,12)13/h14-15H,1-2H2. The van der Waals surface area contributed by atoms with Gasteiger partial charge in [0.2, 0.25) is 0 Å². The predicted octanol–water partition coefficient (Wildman–Crippen LogP) is 1.68. The summed E-state index contributed by atoms with van der Waals surface area (Å²) in [4.78, 5) is 0. The zero-order valence-electron chi connectivity index (χ0n) is 7.03. The van der Waals surface area contributed by atoms with Crippen molar-refractivity contribution in [3.63, 3.8) is 0 Å². The van der Waals surface area contributed by atoms with Crippen LogP contribution in [-0.2, 0) is 0 Å². The Morgan fingerprint density at radius 2 is 1.27 bits per heavy atom. The Hall–Kier alpha value is -0.505. The molecule has 0 aliphatic heterocycles. The van der Waals surface area contributed by atoms with E-state index in [0.717, 1.165) is 0 Å². The first kappa shape index (κ1) is 14.5. The number of alkyl halides is 7. The van der Waals surface area contributed by atoms with Gasteiger partial charge in [0.15, 0.2) is 0 Å². The molecule has 90 valence electrons. The van der Waals surface area contributed by atoms with Crippen LogP contribution < -0.4 is 0 Å². The predicted molar refractivity (Wildman–Crippen MR) is 35.6 cm³/mol. The van der Waals surface area contributed by atoms with Crippen molar-refractivity contribution in [1.29, 1.82) is 0 Å². The molecule has 0 heterocycles. The maximum atomic E-state index is 12.4. The first-order chi connectivity index (χ1) is 6.42. The lowest BCUT2D eigenvalue weighted by Gasteiger charge is -2.28. The molecule has 0 rings (SSSR count). The summed E-state index contributed by atoms with van der Waals surface area (Å²) in [7, 11) is -2.36. The molecule has 15 heavy (non-hydrogen) atoms. The van der Waals surface area contributed by atoms with Gasteiger partial charge in [-0.2, -0.15) is 30.7 Å². The number of hydrogen-bond donors (Lipinski definition) is 2. The van der Waals surface area contributed by atoms with Crippen LogP contribution in [0.3, 0.4) is 0 Å². The lowest BCUT2D eigenvalue weighted by molar-refractivity contribution is -0.354. The van der Waals surface area contributed by atoms with Gasteiger partial charge in [-0.05, 0) is 6.32 Å². The lowest BCUT2D eigenvalue weighted by Crippen LogP contribution is -2.52. The summed E-state index contributed by atoms with van der Waals surface area (Å²) in [5.74, 6) is -11.6. The maximum absolute atomic E-state index is 12.4. The summed E-state index contributed by atoms with van der Waals surface area (Å²) in [5, 5.41) is 16.2. The van der Waals surface area contributed by atoms with Crippen molar-refractivity contribution >= 4 is 7.12 Å². The number of hydrogen-bond acceptors (Lipinski definition) is 2. The van der Waals surface area contributed by atoms with Crippen LogP contribution in [0.1, 0.15) is 6.42 Å². The molecule has 0 spiro atoms. The van der Waals surface area contributed by atoms with Crippen LogP contribution in [0.15, 0.2) is 0 Å². The summed E-state index contributed by atoms with van der Waals surface area (Å²) >= 11 is 0. The minimum Gasteiger partial charge on any atom is -0.427 e. The third-order valence-electron chi connectivity index (χ3n) is 1.53. The molecule has 0 aromatic rings. The average molecular weight is 242 g/mol. The van der Waals surface area contributed by atoms with Crippen LogP contribution in [0.2, 0.25) is 6.32 Å². The van der Waals surface area contributed by atoms with Crippen LogP contribution in [0, 0.1) is 0 Å². The van der Waals surface area contributed by atoms with Crippen LogP contribution >= 0.6 is 0 Å². The smallest absolute Gasteiger partial charge is 0.427 e. The van der Waals surface area contributed by atoms with Crippen LogP contribution in [0.5, 0.6) is 0 Å². The molecule has 0 aliphatic rings. The Labute approximate surface area is 79.8 Å². The second-order valence-electron chi connectivity index (χ2n) is 2.80. The molecular formula is C5H6BF7O2. The van der Waals surface area contributed by atoms with E-state index < -0.39 is 37.9 Å². The van der Waals surface area contributed by atoms with Crippen molar-refractivity contribution in [2.45, 2.75) is 30.8 Å². The first-order valence-electron chi connectivity index (χ1n) is 3.60. The van der Waals surface area contributed by atoms with Gasteiger partial charge >= 0.3 is 25.1 Å². The van der Waals surface area contributed by atoms with E-state index in [2.05, 4.69) is 0 Å². The highest BCUT2D eigenvalue weighted by Gasteiger charge is 2.72. The molecule has 0 aliphatic carbocycles. The molecule has 0 unspecified atom stereocenters. The molecule has 0 atom stereocenters. The average Bonchev–Trinajstić information content (AvgIpc) is 1.98. The van der Waals surface area contributed by atoms with Gasteiger partial charge in [-0.1, -0.05) is 0 Å². The quantitative estimate of drug-likeness (QED) is 0.581. The molecule has 10 heteroatoms. The molecule has 0 aromatic carbocycles. The summed E-state index contributed by atoms with van der Waals surface area (Å²) < 4.78 is 83.5. The molecule has 0 amide bonds. The van der Waals surface area contributed by atoms with Crippen LogP contribution in [-0.4, -0.2) is 35.2 Å². The maximum Gasteiger partial charge on any atom is 0.459 e. The van der Waals surface area contributed by atoms with Gasteiger partial charge < -0.3 is 10.0 Å². The van der Waals surface area contributed by atoms with Crippen molar-refractivity contribution in [2.24, 2.45) is 0 Å². The third kappa shape index (κ3) is 3.23. The van der Waals surface area contributed by atoms with E-state index in [4.69, 9.17) is 10.0 Å². The summed E-state index contributed by atoms with van der Waals surface area (Å²) in [6.45, 7) is 0. The molecule has 0 bridgehead atoms. The third-order valence-corrected chi connectivity index (χ3v) is 1.53. The minimum atomic E-state index is -6.38. The SMILES string of the molecule is OB(O)CCC(F)(F)C(F)(F)C(F)(F)F. The Morgan fingerprint density at radius 1 is 0.867 bits per heavy atom. The van der Waals surface area contributed by atoms with Gasteiger partial charge in [0.1, 0.15) is 0 Å².